The SMILES string of the molecule is O=C([O-])C[C@@H](C(=O)[O-])N1C(=O)C(=C/C(Cl)=C/c2ccc([N+](=O)[O-])cc2)SC1=S. The summed E-state index contributed by atoms with van der Waals surface area (Å²) in [4.78, 5) is 45.1. The Balaban J connectivity index is 2.25. The van der Waals surface area contributed by atoms with Crippen LogP contribution >= 0.6 is 35.6 Å². The van der Waals surface area contributed by atoms with E-state index in [1.807, 2.05) is 0 Å². The van der Waals surface area contributed by atoms with Gasteiger partial charge in [-0.2, -0.15) is 0 Å². The molecule has 146 valence electrons. The molecule has 0 aliphatic carbocycles. The highest BCUT2D eigenvalue weighted by atomic mass is 35.5. The van der Waals surface area contributed by atoms with Crippen LogP contribution in [0.15, 0.2) is 40.3 Å². The van der Waals surface area contributed by atoms with Crippen LogP contribution in [0.2, 0.25) is 0 Å². The number of carbonyl (C=O) groups excluding carboxylic acids is 3. The Kier molecular flexibility index (Phi) is 6.89. The van der Waals surface area contributed by atoms with Crippen LogP contribution in [0.25, 0.3) is 6.08 Å². The maximum Gasteiger partial charge on any atom is 0.269 e. The molecule has 1 saturated heterocycles. The molecule has 28 heavy (non-hydrogen) atoms. The minimum Gasteiger partial charge on any atom is -0.550 e. The number of amides is 1. The Labute approximate surface area is 172 Å². The second-order valence-electron chi connectivity index (χ2n) is 5.34. The summed E-state index contributed by atoms with van der Waals surface area (Å²) in [6, 6.07) is 3.65. The molecule has 0 radical (unpaired) electrons. The van der Waals surface area contributed by atoms with Gasteiger partial charge in [0.2, 0.25) is 0 Å². The lowest BCUT2D eigenvalue weighted by atomic mass is 10.1. The summed E-state index contributed by atoms with van der Waals surface area (Å²) in [5.74, 6) is -4.29. The van der Waals surface area contributed by atoms with Gasteiger partial charge in [-0.1, -0.05) is 35.6 Å². The Morgan fingerprint density at radius 3 is 2.39 bits per heavy atom. The molecule has 0 aromatic heterocycles. The number of aliphatic carboxylic acids is 2. The van der Waals surface area contributed by atoms with E-state index in [1.165, 1.54) is 36.4 Å². The van der Waals surface area contributed by atoms with Crippen molar-refractivity contribution in [2.75, 3.05) is 0 Å². The van der Waals surface area contributed by atoms with Crippen molar-refractivity contribution in [2.45, 2.75) is 12.5 Å². The van der Waals surface area contributed by atoms with Crippen LogP contribution in [-0.4, -0.2) is 38.0 Å². The Hall–Kier alpha value is -2.76. The first-order chi connectivity index (χ1) is 13.1. The topological polar surface area (TPSA) is 144 Å². The van der Waals surface area contributed by atoms with Crippen molar-refractivity contribution in [1.29, 1.82) is 0 Å². The molecule has 1 aromatic carbocycles. The predicted molar refractivity (Wildman–Crippen MR) is 100 cm³/mol. The van der Waals surface area contributed by atoms with E-state index < -0.39 is 35.2 Å². The maximum absolute atomic E-state index is 12.4. The van der Waals surface area contributed by atoms with Gasteiger partial charge in [0, 0.05) is 29.6 Å². The summed E-state index contributed by atoms with van der Waals surface area (Å²) in [6.45, 7) is 0. The smallest absolute Gasteiger partial charge is 0.269 e. The first-order valence-corrected chi connectivity index (χ1v) is 9.00. The molecule has 0 N–H and O–H groups in total. The number of hydrogen-bond donors (Lipinski definition) is 0. The number of carbonyl (C=O) groups is 3. The highest BCUT2D eigenvalue weighted by Gasteiger charge is 2.37. The van der Waals surface area contributed by atoms with Crippen molar-refractivity contribution >= 4 is 69.5 Å². The Morgan fingerprint density at radius 1 is 1.29 bits per heavy atom. The lowest BCUT2D eigenvalue weighted by Crippen LogP contribution is -2.52. The number of non-ortho nitro benzene ring substituents is 1. The number of hydrogen-bond acceptors (Lipinski definition) is 9. The normalized spacial score (nSPS) is 17.1. The lowest BCUT2D eigenvalue weighted by Gasteiger charge is -2.27. The average Bonchev–Trinajstić information content (AvgIpc) is 2.86. The molecule has 1 aromatic rings. The predicted octanol–water partition coefficient (Wildman–Crippen LogP) is 0.177. The third kappa shape index (κ3) is 5.15. The van der Waals surface area contributed by atoms with Crippen molar-refractivity contribution in [3.63, 3.8) is 0 Å². The number of nitrogens with zero attached hydrogens (tertiary/aromatic N) is 2. The Bertz CT molecular complexity index is 927. The van der Waals surface area contributed by atoms with Crippen LogP contribution < -0.4 is 10.2 Å². The minimum absolute atomic E-state index is 0.0160. The molecule has 9 nitrogen and oxygen atoms in total. The molecule has 1 heterocycles. The molecule has 1 atom stereocenters. The largest absolute Gasteiger partial charge is 0.550 e. The van der Waals surface area contributed by atoms with Crippen molar-refractivity contribution in [2.24, 2.45) is 0 Å². The number of nitro benzene ring substituents is 1. The molecular weight excluding hydrogens is 432 g/mol. The molecule has 0 spiro atoms. The summed E-state index contributed by atoms with van der Waals surface area (Å²) in [5, 5.41) is 32.6. The number of rotatable bonds is 7. The second-order valence-corrected chi connectivity index (χ2v) is 7.45. The quantitative estimate of drug-likeness (QED) is 0.251. The van der Waals surface area contributed by atoms with Gasteiger partial charge in [-0.3, -0.25) is 19.8 Å². The van der Waals surface area contributed by atoms with Crippen molar-refractivity contribution in [3.05, 3.63) is 56.0 Å². The second kappa shape index (κ2) is 8.95. The van der Waals surface area contributed by atoms with Crippen LogP contribution in [-0.2, 0) is 14.4 Å². The summed E-state index contributed by atoms with van der Waals surface area (Å²) in [5.41, 5.74) is 0.419. The van der Waals surface area contributed by atoms with E-state index in [0.717, 1.165) is 11.8 Å². The van der Waals surface area contributed by atoms with Gasteiger partial charge in [-0.05, 0) is 29.8 Å². The fourth-order valence-electron chi connectivity index (χ4n) is 2.20. The van der Waals surface area contributed by atoms with Gasteiger partial charge in [-0.15, -0.1) is 0 Å². The average molecular weight is 441 g/mol. The van der Waals surface area contributed by atoms with Gasteiger partial charge >= 0.3 is 0 Å². The fraction of sp³-hybridized carbons (Fsp3) is 0.125. The summed E-state index contributed by atoms with van der Waals surface area (Å²) in [6.07, 6.45) is 1.68. The molecule has 1 aliphatic heterocycles. The van der Waals surface area contributed by atoms with Gasteiger partial charge in [0.15, 0.2) is 0 Å². The number of halogens is 1. The van der Waals surface area contributed by atoms with Crippen molar-refractivity contribution in [3.8, 4) is 0 Å². The number of carboxylic acid groups (broad SMARTS) is 2. The number of nitro groups is 1. The van der Waals surface area contributed by atoms with E-state index in [-0.39, 0.29) is 19.9 Å². The molecule has 1 aliphatic rings. The van der Waals surface area contributed by atoms with E-state index in [4.69, 9.17) is 23.8 Å². The fourth-order valence-corrected chi connectivity index (χ4v) is 3.85. The standard InChI is InChI=1S/C16H11ClN2O7S2/c17-9(5-8-1-3-10(4-2-8)19(25)26)6-12-14(22)18(16(27)28-12)11(15(23)24)7-13(20)21/h1-6,11H,7H2,(H,20,21)(H,23,24)/p-2/b9-5-,12-6?/t11-/m0/s1. The highest BCUT2D eigenvalue weighted by Crippen LogP contribution is 2.34. The molecule has 0 bridgehead atoms. The first kappa shape index (κ1) is 21.5. The van der Waals surface area contributed by atoms with E-state index in [1.54, 1.807) is 0 Å². The van der Waals surface area contributed by atoms with E-state index >= 15 is 0 Å². The molecule has 1 amide bonds. The van der Waals surface area contributed by atoms with Gasteiger partial charge in [-0.25, -0.2) is 0 Å². The maximum atomic E-state index is 12.4. The van der Waals surface area contributed by atoms with Crippen LogP contribution in [0.5, 0.6) is 0 Å². The third-order valence-electron chi connectivity index (χ3n) is 3.44. The van der Waals surface area contributed by atoms with Crippen molar-refractivity contribution < 1.29 is 29.5 Å². The molecule has 1 fully saturated rings. The zero-order chi connectivity index (χ0) is 21.0. The Morgan fingerprint density at radius 2 is 1.89 bits per heavy atom. The summed E-state index contributed by atoms with van der Waals surface area (Å²) >= 11 is 11.8. The van der Waals surface area contributed by atoms with Crippen LogP contribution in [0.1, 0.15) is 12.0 Å². The lowest BCUT2D eigenvalue weighted by molar-refractivity contribution is -0.384. The summed E-state index contributed by atoms with van der Waals surface area (Å²) < 4.78 is -0.161. The number of carboxylic acids is 2. The minimum atomic E-state index is -1.80. The molecule has 0 unspecified atom stereocenters. The third-order valence-corrected chi connectivity index (χ3v) is 4.99. The molecular formula is C16H9ClN2O7S2-2. The summed E-state index contributed by atoms with van der Waals surface area (Å²) in [7, 11) is 0. The van der Waals surface area contributed by atoms with E-state index in [0.29, 0.717) is 10.5 Å². The zero-order valence-corrected chi connectivity index (χ0v) is 16.1. The van der Waals surface area contributed by atoms with Gasteiger partial charge in [0.1, 0.15) is 4.32 Å². The number of allylic oxidation sites excluding steroid dienone is 2. The first-order valence-electron chi connectivity index (χ1n) is 7.39. The zero-order valence-electron chi connectivity index (χ0n) is 13.7. The van der Waals surface area contributed by atoms with E-state index in [2.05, 4.69) is 0 Å². The number of thiocarbonyl (C=S) groups is 1. The van der Waals surface area contributed by atoms with E-state index in [9.17, 15) is 34.7 Å². The van der Waals surface area contributed by atoms with Gasteiger partial charge in [0.05, 0.1) is 21.8 Å². The van der Waals surface area contributed by atoms with Gasteiger partial charge in [0.25, 0.3) is 11.6 Å². The monoisotopic (exact) mass is 440 g/mol. The highest BCUT2D eigenvalue weighted by molar-refractivity contribution is 8.26. The molecule has 0 saturated carbocycles. The van der Waals surface area contributed by atoms with Gasteiger partial charge < -0.3 is 19.8 Å². The van der Waals surface area contributed by atoms with Crippen LogP contribution in [0, 0.1) is 10.1 Å². The number of benzene rings is 1. The number of thioether (sulfide) groups is 1. The molecule has 2 rings (SSSR count). The van der Waals surface area contributed by atoms with Crippen LogP contribution in [0.4, 0.5) is 5.69 Å². The molecule has 12 heteroatoms. The van der Waals surface area contributed by atoms with Crippen LogP contribution in [0.3, 0.4) is 0 Å². The van der Waals surface area contributed by atoms with Crippen molar-refractivity contribution in [1.82, 2.24) is 4.90 Å².